The average molecular weight is 500 g/mol. The minimum absolute atomic E-state index is 1.26. The molecule has 3 heteroatoms. The second-order valence-corrected chi connectivity index (χ2v) is 26.1. The summed E-state index contributed by atoms with van der Waals surface area (Å²) in [6, 6.07) is 40.3. The standard InChI is InChI=1S/C8H12NSi.3C6H5.Sn/c1-10(2,3)8-6-4-5-7-9-8;3*1-2-4-6-5-3-1;/h4-7H,1H2,2-3H3;3*1-5H;. The van der Waals surface area contributed by atoms with Gasteiger partial charge in [0.15, 0.2) is 0 Å². The first kappa shape index (κ1) is 20.1. The van der Waals surface area contributed by atoms with Gasteiger partial charge in [-0.05, 0) is 0 Å². The molecule has 3 aromatic carbocycles. The van der Waals surface area contributed by atoms with Crippen LogP contribution in [-0.4, -0.2) is 31.4 Å². The third kappa shape index (κ3) is 4.10. The minimum atomic E-state index is -3.25. The van der Waals surface area contributed by atoms with Crippen molar-refractivity contribution in [2.24, 2.45) is 0 Å². The summed E-state index contributed by atoms with van der Waals surface area (Å²) in [4.78, 5) is 4.81. The number of pyridine rings is 1. The van der Waals surface area contributed by atoms with Gasteiger partial charge in [-0.2, -0.15) is 0 Å². The van der Waals surface area contributed by atoms with Gasteiger partial charge in [-0.25, -0.2) is 0 Å². The number of rotatable bonds is 6. The topological polar surface area (TPSA) is 12.9 Å². The maximum atomic E-state index is 4.81. The molecular formula is C26H27NSiSn. The van der Waals surface area contributed by atoms with E-state index < -0.39 is 26.5 Å². The molecule has 1 heterocycles. The van der Waals surface area contributed by atoms with Crippen LogP contribution < -0.4 is 16.1 Å². The Morgan fingerprint density at radius 3 is 1.38 bits per heavy atom. The van der Waals surface area contributed by atoms with Crippen molar-refractivity contribution in [2.45, 2.75) is 17.2 Å². The molecule has 0 N–H and O–H groups in total. The summed E-state index contributed by atoms with van der Waals surface area (Å²) >= 11 is -3.25. The van der Waals surface area contributed by atoms with Crippen LogP contribution in [0.5, 0.6) is 0 Å². The molecule has 0 fully saturated rings. The number of nitrogens with zero attached hydrogens (tertiary/aromatic N) is 1. The van der Waals surface area contributed by atoms with Gasteiger partial charge in [0, 0.05) is 0 Å². The van der Waals surface area contributed by atoms with E-state index in [0.717, 1.165) is 0 Å². The summed E-state index contributed by atoms with van der Waals surface area (Å²) in [6.07, 6.45) is 1.95. The molecule has 1 aromatic heterocycles. The van der Waals surface area contributed by atoms with E-state index in [1.165, 1.54) is 9.38 Å². The van der Waals surface area contributed by atoms with Crippen molar-refractivity contribution >= 4 is 42.5 Å². The summed E-state index contributed by atoms with van der Waals surface area (Å²) in [5.41, 5.74) is 0. The Morgan fingerprint density at radius 1 is 0.586 bits per heavy atom. The molecule has 0 atom stereocenters. The van der Waals surface area contributed by atoms with Gasteiger partial charge >= 0.3 is 180 Å². The fourth-order valence-electron chi connectivity index (χ4n) is 4.49. The van der Waals surface area contributed by atoms with E-state index in [4.69, 9.17) is 4.98 Å². The third-order valence-electron chi connectivity index (χ3n) is 5.87. The third-order valence-corrected chi connectivity index (χ3v) is 32.4. The number of hydrogen-bond donors (Lipinski definition) is 0. The molecule has 4 rings (SSSR count). The van der Waals surface area contributed by atoms with Gasteiger partial charge in [-0.1, -0.05) is 0 Å². The Labute approximate surface area is 179 Å². The van der Waals surface area contributed by atoms with Gasteiger partial charge in [-0.3, -0.25) is 0 Å². The fraction of sp³-hybridized carbons (Fsp3) is 0.115. The molecule has 0 spiro atoms. The van der Waals surface area contributed by atoms with Crippen LogP contribution in [0.3, 0.4) is 0 Å². The van der Waals surface area contributed by atoms with Crippen LogP contribution in [0.1, 0.15) is 0 Å². The van der Waals surface area contributed by atoms with Crippen molar-refractivity contribution < 1.29 is 0 Å². The zero-order valence-corrected chi connectivity index (χ0v) is 21.0. The Kier molecular flexibility index (Phi) is 6.02. The average Bonchev–Trinajstić information content (AvgIpc) is 2.80. The van der Waals surface area contributed by atoms with Gasteiger partial charge in [0.05, 0.1) is 0 Å². The fourth-order valence-corrected chi connectivity index (χ4v) is 35.1. The van der Waals surface area contributed by atoms with Gasteiger partial charge in [0.1, 0.15) is 0 Å². The summed E-state index contributed by atoms with van der Waals surface area (Å²) in [5, 5.41) is 1.31. The molecule has 0 saturated carbocycles. The SMILES string of the molecule is C[Si](C)([CH2][Sn]([c]1ccccc1)([c]1ccccc1)[c]1ccccc1)c1ccccn1. The second kappa shape index (κ2) is 8.68. The normalized spacial score (nSPS) is 11.9. The number of aromatic nitrogens is 1. The van der Waals surface area contributed by atoms with Crippen molar-refractivity contribution in [1.29, 1.82) is 0 Å². The molecule has 4 aromatic rings. The van der Waals surface area contributed by atoms with E-state index in [2.05, 4.69) is 116 Å². The van der Waals surface area contributed by atoms with Crippen LogP contribution in [0.2, 0.25) is 17.2 Å². The van der Waals surface area contributed by atoms with Crippen molar-refractivity contribution in [1.82, 2.24) is 4.98 Å². The molecular weight excluding hydrogens is 473 g/mol. The van der Waals surface area contributed by atoms with Gasteiger partial charge in [0.2, 0.25) is 0 Å². The van der Waals surface area contributed by atoms with Crippen LogP contribution in [0, 0.1) is 0 Å². The Balaban J connectivity index is 1.98. The van der Waals surface area contributed by atoms with E-state index in [9.17, 15) is 0 Å². The molecule has 0 radical (unpaired) electrons. The van der Waals surface area contributed by atoms with Gasteiger partial charge in [0.25, 0.3) is 0 Å². The quantitative estimate of drug-likeness (QED) is 0.368. The summed E-state index contributed by atoms with van der Waals surface area (Å²) in [6.45, 7) is 4.99. The molecule has 0 aliphatic rings. The van der Waals surface area contributed by atoms with Crippen LogP contribution in [0.15, 0.2) is 115 Å². The monoisotopic (exact) mass is 501 g/mol. The van der Waals surface area contributed by atoms with Crippen molar-refractivity contribution in [3.8, 4) is 0 Å². The van der Waals surface area contributed by atoms with Crippen molar-refractivity contribution in [3.05, 3.63) is 115 Å². The van der Waals surface area contributed by atoms with Crippen LogP contribution in [0.25, 0.3) is 0 Å². The van der Waals surface area contributed by atoms with Crippen LogP contribution in [-0.2, 0) is 0 Å². The molecule has 0 amide bonds. The van der Waals surface area contributed by atoms with Gasteiger partial charge in [-0.15, -0.1) is 0 Å². The maximum absolute atomic E-state index is 4.81. The second-order valence-electron chi connectivity index (χ2n) is 8.28. The zero-order valence-electron chi connectivity index (χ0n) is 17.1. The molecule has 0 unspecified atom stereocenters. The predicted molar refractivity (Wildman–Crippen MR) is 130 cm³/mol. The van der Waals surface area contributed by atoms with E-state index in [1.54, 1.807) is 10.7 Å². The van der Waals surface area contributed by atoms with E-state index >= 15 is 0 Å². The van der Waals surface area contributed by atoms with Crippen molar-refractivity contribution in [3.63, 3.8) is 0 Å². The number of benzene rings is 3. The predicted octanol–water partition coefficient (Wildman–Crippen LogP) is 3.71. The van der Waals surface area contributed by atoms with Crippen LogP contribution in [0.4, 0.5) is 0 Å². The van der Waals surface area contributed by atoms with Gasteiger partial charge < -0.3 is 0 Å². The van der Waals surface area contributed by atoms with E-state index in [0.29, 0.717) is 0 Å². The molecule has 1 nitrogen and oxygen atoms in total. The van der Waals surface area contributed by atoms with E-state index in [1.807, 2.05) is 12.3 Å². The first-order chi connectivity index (χ1) is 14.1. The molecule has 0 aliphatic heterocycles. The molecule has 0 bridgehead atoms. The Bertz CT molecular complexity index is 938. The van der Waals surface area contributed by atoms with Crippen molar-refractivity contribution in [2.75, 3.05) is 0 Å². The Morgan fingerprint density at radius 2 is 1.00 bits per heavy atom. The summed E-state index contributed by atoms with van der Waals surface area (Å²) in [5.74, 6) is 0. The molecule has 144 valence electrons. The molecule has 29 heavy (non-hydrogen) atoms. The molecule has 0 saturated heterocycles. The molecule has 0 aliphatic carbocycles. The number of hydrogen-bond acceptors (Lipinski definition) is 1. The first-order valence-corrected chi connectivity index (χ1v) is 19.7. The van der Waals surface area contributed by atoms with E-state index in [-0.39, 0.29) is 0 Å². The zero-order chi connectivity index (χ0) is 20.2. The summed E-state index contributed by atoms with van der Waals surface area (Å²) < 4.78 is 5.92. The first-order valence-electron chi connectivity index (χ1n) is 10.2. The Hall–Kier alpha value is -2.17. The summed E-state index contributed by atoms with van der Waals surface area (Å²) in [7, 11) is -1.78. The van der Waals surface area contributed by atoms with Crippen LogP contribution >= 0.6 is 0 Å².